The highest BCUT2D eigenvalue weighted by atomic mass is 32.1. The highest BCUT2D eigenvalue weighted by molar-refractivity contribution is 7.09. The van der Waals surface area contributed by atoms with Crippen LogP contribution in [0.15, 0.2) is 41.8 Å². The molecule has 2 heterocycles. The van der Waals surface area contributed by atoms with Crippen LogP contribution < -0.4 is 10.6 Å². The van der Waals surface area contributed by atoms with Gasteiger partial charge in [-0.25, -0.2) is 4.79 Å². The molecule has 5 nitrogen and oxygen atoms in total. The topological polar surface area (TPSA) is 61.4 Å². The average Bonchev–Trinajstić information content (AvgIpc) is 3.20. The fraction of sp³-hybridized carbons (Fsp3) is 0.429. The maximum absolute atomic E-state index is 12.6. The van der Waals surface area contributed by atoms with E-state index in [2.05, 4.69) is 24.5 Å². The Morgan fingerprint density at radius 2 is 2.00 bits per heavy atom. The number of rotatable bonds is 5. The molecule has 27 heavy (non-hydrogen) atoms. The van der Waals surface area contributed by atoms with Crippen LogP contribution in [-0.4, -0.2) is 29.9 Å². The fourth-order valence-electron chi connectivity index (χ4n) is 3.26. The minimum Gasteiger partial charge on any atom is -0.333 e. The number of carbonyl (C=O) groups is 2. The second-order valence-electron chi connectivity index (χ2n) is 7.29. The van der Waals surface area contributed by atoms with Crippen LogP contribution in [-0.2, 0) is 11.3 Å². The van der Waals surface area contributed by atoms with Crippen molar-refractivity contribution in [3.63, 3.8) is 0 Å². The van der Waals surface area contributed by atoms with Crippen LogP contribution in [0.2, 0.25) is 0 Å². The average molecular weight is 386 g/mol. The van der Waals surface area contributed by atoms with Gasteiger partial charge >= 0.3 is 6.03 Å². The van der Waals surface area contributed by atoms with Gasteiger partial charge in [0, 0.05) is 23.7 Å². The Hall–Kier alpha value is -2.34. The van der Waals surface area contributed by atoms with Crippen LogP contribution in [0.1, 0.15) is 43.0 Å². The number of urea groups is 1. The van der Waals surface area contributed by atoms with E-state index in [4.69, 9.17) is 0 Å². The Morgan fingerprint density at radius 3 is 2.67 bits per heavy atom. The fourth-order valence-corrected chi connectivity index (χ4v) is 3.90. The molecule has 2 aromatic rings. The van der Waals surface area contributed by atoms with Crippen molar-refractivity contribution >= 4 is 29.0 Å². The molecule has 1 aliphatic rings. The summed E-state index contributed by atoms with van der Waals surface area (Å²) in [5.41, 5.74) is 2.06. The van der Waals surface area contributed by atoms with Crippen molar-refractivity contribution in [3.05, 3.63) is 52.2 Å². The maximum Gasteiger partial charge on any atom is 0.317 e. The van der Waals surface area contributed by atoms with Gasteiger partial charge in [-0.3, -0.25) is 4.79 Å². The lowest BCUT2D eigenvalue weighted by Gasteiger charge is -2.32. The van der Waals surface area contributed by atoms with E-state index in [1.54, 1.807) is 16.2 Å². The Bertz CT molecular complexity index is 756. The number of carbonyl (C=O) groups excluding carboxylic acids is 2. The summed E-state index contributed by atoms with van der Waals surface area (Å²) in [5.74, 6) is 0.286. The number of hydrogen-bond acceptors (Lipinski definition) is 3. The van der Waals surface area contributed by atoms with Crippen molar-refractivity contribution in [1.82, 2.24) is 10.2 Å². The van der Waals surface area contributed by atoms with Crippen LogP contribution >= 0.6 is 11.3 Å². The van der Waals surface area contributed by atoms with Gasteiger partial charge in [0.05, 0.1) is 12.5 Å². The third-order valence-electron chi connectivity index (χ3n) is 4.92. The molecule has 1 aromatic carbocycles. The van der Waals surface area contributed by atoms with Crippen LogP contribution in [0, 0.1) is 5.92 Å². The molecule has 0 aliphatic carbocycles. The molecule has 0 spiro atoms. The summed E-state index contributed by atoms with van der Waals surface area (Å²) in [6.07, 6.45) is 1.65. The first-order valence-corrected chi connectivity index (χ1v) is 10.4. The van der Waals surface area contributed by atoms with Gasteiger partial charge in [-0.15, -0.1) is 11.3 Å². The molecule has 0 bridgehead atoms. The standard InChI is InChI=1S/C21H27N3O2S/c1-15(2)16-7-9-18(10-8-16)23-20(25)17-5-3-11-24(14-17)21(26)22-13-19-6-4-12-27-19/h4,6-10,12,15,17H,3,5,11,13-14H2,1-2H3,(H,22,26)(H,23,25). The summed E-state index contributed by atoms with van der Waals surface area (Å²) >= 11 is 1.62. The Labute approximate surface area is 164 Å². The third kappa shape index (κ3) is 5.32. The highest BCUT2D eigenvalue weighted by Crippen LogP contribution is 2.21. The molecule has 1 saturated heterocycles. The van der Waals surface area contributed by atoms with Crippen LogP contribution in [0.4, 0.5) is 10.5 Å². The summed E-state index contributed by atoms with van der Waals surface area (Å²) < 4.78 is 0. The summed E-state index contributed by atoms with van der Waals surface area (Å²) in [6.45, 7) is 5.99. The molecule has 1 aliphatic heterocycles. The number of anilines is 1. The molecule has 1 fully saturated rings. The molecular weight excluding hydrogens is 358 g/mol. The van der Waals surface area contributed by atoms with Crippen LogP contribution in [0.5, 0.6) is 0 Å². The van der Waals surface area contributed by atoms with Gasteiger partial charge in [-0.05, 0) is 47.9 Å². The van der Waals surface area contributed by atoms with Crippen molar-refractivity contribution < 1.29 is 9.59 Å². The van der Waals surface area contributed by atoms with E-state index in [0.717, 1.165) is 23.4 Å². The Kier molecular flexibility index (Phi) is 6.50. The molecule has 3 rings (SSSR count). The van der Waals surface area contributed by atoms with E-state index < -0.39 is 0 Å². The first-order valence-electron chi connectivity index (χ1n) is 9.49. The number of amides is 3. The highest BCUT2D eigenvalue weighted by Gasteiger charge is 2.28. The zero-order valence-corrected chi connectivity index (χ0v) is 16.7. The zero-order valence-electron chi connectivity index (χ0n) is 15.9. The van der Waals surface area contributed by atoms with Gasteiger partial charge in [-0.1, -0.05) is 32.0 Å². The van der Waals surface area contributed by atoms with Gasteiger partial charge in [0.1, 0.15) is 0 Å². The van der Waals surface area contributed by atoms with E-state index >= 15 is 0 Å². The first kappa shape index (κ1) is 19.4. The second kappa shape index (κ2) is 9.04. The van der Waals surface area contributed by atoms with E-state index in [0.29, 0.717) is 25.6 Å². The molecule has 144 valence electrons. The normalized spacial score (nSPS) is 17.0. The quantitative estimate of drug-likeness (QED) is 0.800. The SMILES string of the molecule is CC(C)c1ccc(NC(=O)C2CCCN(C(=O)NCc3cccs3)C2)cc1. The molecule has 1 aromatic heterocycles. The van der Waals surface area contributed by atoms with Crippen molar-refractivity contribution in [2.24, 2.45) is 5.92 Å². The van der Waals surface area contributed by atoms with Gasteiger partial charge in [0.25, 0.3) is 0 Å². The molecule has 2 N–H and O–H groups in total. The molecule has 1 atom stereocenters. The number of thiophene rings is 1. The number of nitrogens with one attached hydrogen (secondary N) is 2. The van der Waals surface area contributed by atoms with Crippen molar-refractivity contribution in [2.75, 3.05) is 18.4 Å². The van der Waals surface area contributed by atoms with E-state index in [1.807, 2.05) is 41.8 Å². The van der Waals surface area contributed by atoms with Crippen molar-refractivity contribution in [3.8, 4) is 0 Å². The number of piperidine rings is 1. The lowest BCUT2D eigenvalue weighted by molar-refractivity contribution is -0.121. The number of benzene rings is 1. The first-order chi connectivity index (χ1) is 13.0. The lowest BCUT2D eigenvalue weighted by atomic mass is 9.97. The molecule has 0 radical (unpaired) electrons. The van der Waals surface area contributed by atoms with Crippen molar-refractivity contribution in [2.45, 2.75) is 39.2 Å². The van der Waals surface area contributed by atoms with Gasteiger partial charge < -0.3 is 15.5 Å². The lowest BCUT2D eigenvalue weighted by Crippen LogP contribution is -2.47. The second-order valence-corrected chi connectivity index (χ2v) is 8.32. The molecular formula is C21H27N3O2S. The summed E-state index contributed by atoms with van der Waals surface area (Å²) in [4.78, 5) is 27.9. The van der Waals surface area contributed by atoms with E-state index in [-0.39, 0.29) is 17.9 Å². The number of likely N-dealkylation sites (tertiary alicyclic amines) is 1. The minimum absolute atomic E-state index is 0.0111. The predicted molar refractivity (Wildman–Crippen MR) is 110 cm³/mol. The summed E-state index contributed by atoms with van der Waals surface area (Å²) in [5, 5.41) is 7.94. The molecule has 3 amide bonds. The van der Waals surface area contributed by atoms with Gasteiger partial charge in [-0.2, -0.15) is 0 Å². The Morgan fingerprint density at radius 1 is 1.22 bits per heavy atom. The van der Waals surface area contributed by atoms with Crippen LogP contribution in [0.3, 0.4) is 0 Å². The summed E-state index contributed by atoms with van der Waals surface area (Å²) in [6, 6.07) is 11.9. The number of nitrogens with zero attached hydrogens (tertiary/aromatic N) is 1. The van der Waals surface area contributed by atoms with Gasteiger partial charge in [0.15, 0.2) is 0 Å². The zero-order chi connectivity index (χ0) is 19.2. The van der Waals surface area contributed by atoms with E-state index in [1.165, 1.54) is 5.56 Å². The maximum atomic E-state index is 12.6. The van der Waals surface area contributed by atoms with Crippen molar-refractivity contribution in [1.29, 1.82) is 0 Å². The Balaban J connectivity index is 1.51. The third-order valence-corrected chi connectivity index (χ3v) is 5.79. The summed E-state index contributed by atoms with van der Waals surface area (Å²) in [7, 11) is 0. The minimum atomic E-state index is -0.170. The van der Waals surface area contributed by atoms with Crippen LogP contribution in [0.25, 0.3) is 0 Å². The smallest absolute Gasteiger partial charge is 0.317 e. The molecule has 0 saturated carbocycles. The number of hydrogen-bond donors (Lipinski definition) is 2. The van der Waals surface area contributed by atoms with E-state index in [9.17, 15) is 9.59 Å². The molecule has 1 unspecified atom stereocenters. The van der Waals surface area contributed by atoms with Gasteiger partial charge in [0.2, 0.25) is 5.91 Å². The molecule has 6 heteroatoms. The monoisotopic (exact) mass is 385 g/mol. The predicted octanol–water partition coefficient (Wildman–Crippen LogP) is 4.43. The largest absolute Gasteiger partial charge is 0.333 e.